The highest BCUT2D eigenvalue weighted by atomic mass is 19.1. The molecule has 3 aromatic carbocycles. The van der Waals surface area contributed by atoms with Crippen molar-refractivity contribution in [1.82, 2.24) is 5.32 Å². The van der Waals surface area contributed by atoms with Gasteiger partial charge in [0.1, 0.15) is 17.3 Å². The van der Waals surface area contributed by atoms with Crippen molar-refractivity contribution in [3.63, 3.8) is 0 Å². The number of nitrogens with one attached hydrogen (secondary N) is 2. The van der Waals surface area contributed by atoms with Crippen molar-refractivity contribution in [2.75, 3.05) is 10.2 Å². The first-order valence-corrected chi connectivity index (χ1v) is 10.5. The minimum absolute atomic E-state index is 0.00290. The maximum Gasteiger partial charge on any atom is 0.214 e. The average molecular weight is 441 g/mol. The number of hydrogen-bond donors (Lipinski definition) is 3. The van der Waals surface area contributed by atoms with E-state index in [4.69, 9.17) is 10.7 Å². The molecule has 0 aliphatic carbocycles. The van der Waals surface area contributed by atoms with E-state index in [-0.39, 0.29) is 11.9 Å². The second-order valence-electron chi connectivity index (χ2n) is 7.42. The fraction of sp³-hybridized carbons (Fsp3) is 0.0769. The summed E-state index contributed by atoms with van der Waals surface area (Å²) >= 11 is 0. The molecule has 0 spiro atoms. The fourth-order valence-electron chi connectivity index (χ4n) is 3.47. The Kier molecular flexibility index (Phi) is 6.50. The van der Waals surface area contributed by atoms with E-state index in [9.17, 15) is 4.39 Å². The van der Waals surface area contributed by atoms with Gasteiger partial charge in [-0.2, -0.15) is 0 Å². The molecule has 33 heavy (non-hydrogen) atoms. The minimum Gasteiger partial charge on any atom is -0.403 e. The Morgan fingerprint density at radius 3 is 2.33 bits per heavy atom. The van der Waals surface area contributed by atoms with E-state index in [2.05, 4.69) is 22.2 Å². The summed E-state index contributed by atoms with van der Waals surface area (Å²) in [5.41, 5.74) is 8.52. The van der Waals surface area contributed by atoms with Crippen LogP contribution in [0.15, 0.2) is 119 Å². The molecule has 0 saturated carbocycles. The van der Waals surface area contributed by atoms with Crippen LogP contribution >= 0.6 is 0 Å². The zero-order chi connectivity index (χ0) is 23.2. The van der Waals surface area contributed by atoms with Crippen molar-refractivity contribution in [2.24, 2.45) is 15.7 Å². The molecule has 7 heteroatoms. The predicted octanol–water partition coefficient (Wildman–Crippen LogP) is 5.13. The summed E-state index contributed by atoms with van der Waals surface area (Å²) in [5, 5.41) is 6.37. The summed E-state index contributed by atoms with van der Waals surface area (Å²) in [6.07, 6.45) is 1.37. The van der Waals surface area contributed by atoms with Gasteiger partial charge in [0.15, 0.2) is 5.84 Å². The lowest BCUT2D eigenvalue weighted by Gasteiger charge is -2.23. The van der Waals surface area contributed by atoms with Gasteiger partial charge in [0.25, 0.3) is 0 Å². The first kappa shape index (κ1) is 21.8. The lowest BCUT2D eigenvalue weighted by molar-refractivity contribution is 0.632. The topological polar surface area (TPSA) is 78.0 Å². The van der Waals surface area contributed by atoms with E-state index in [1.54, 1.807) is 23.1 Å². The maximum absolute atomic E-state index is 14.3. The summed E-state index contributed by atoms with van der Waals surface area (Å²) in [6.45, 7) is 6.11. The van der Waals surface area contributed by atoms with E-state index in [0.29, 0.717) is 29.0 Å². The first-order valence-electron chi connectivity index (χ1n) is 10.5. The van der Waals surface area contributed by atoms with Crippen LogP contribution in [0.5, 0.6) is 0 Å². The summed E-state index contributed by atoms with van der Waals surface area (Å²) in [7, 11) is 0. The molecule has 1 atom stereocenters. The molecule has 0 aromatic heterocycles. The molecular weight excluding hydrogens is 415 g/mol. The van der Waals surface area contributed by atoms with Crippen LogP contribution in [0.2, 0.25) is 0 Å². The van der Waals surface area contributed by atoms with Crippen molar-refractivity contribution in [1.29, 1.82) is 0 Å². The normalized spacial score (nSPS) is 16.5. The van der Waals surface area contributed by atoms with E-state index >= 15 is 0 Å². The molecule has 3 aromatic rings. The molecule has 4 N–H and O–H groups in total. The van der Waals surface area contributed by atoms with Gasteiger partial charge in [-0.15, -0.1) is 0 Å². The monoisotopic (exact) mass is 440 g/mol. The Morgan fingerprint density at radius 1 is 1.03 bits per heavy atom. The fourth-order valence-corrected chi connectivity index (χ4v) is 3.47. The molecule has 0 bridgehead atoms. The van der Waals surface area contributed by atoms with Crippen LogP contribution in [0.4, 0.5) is 15.8 Å². The number of benzene rings is 3. The highest BCUT2D eigenvalue weighted by Gasteiger charge is 2.30. The standard InChI is InChI=1S/C26H25FN6/c1-18(20-11-5-3-6-12-20)29-19(2)30-25-24(17-28)32-26(31-23-16-10-9-15-22(23)27)33(25)21-13-7-4-8-14-21/h3-18,29H,2,28H2,1H3,(H,31,32)/b24-17+,30-25+. The Bertz CT molecular complexity index is 1220. The lowest BCUT2D eigenvalue weighted by Crippen LogP contribution is -2.37. The third-order valence-corrected chi connectivity index (χ3v) is 5.10. The van der Waals surface area contributed by atoms with Crippen LogP contribution in [-0.4, -0.2) is 11.8 Å². The van der Waals surface area contributed by atoms with Gasteiger partial charge < -0.3 is 16.4 Å². The average Bonchev–Trinajstić information content (AvgIpc) is 3.18. The molecule has 0 radical (unpaired) electrons. The smallest absolute Gasteiger partial charge is 0.214 e. The molecule has 1 unspecified atom stereocenters. The Hall–Kier alpha value is -4.39. The number of para-hydroxylation sites is 2. The molecule has 1 heterocycles. The predicted molar refractivity (Wildman–Crippen MR) is 133 cm³/mol. The molecule has 0 amide bonds. The minimum atomic E-state index is -0.389. The third-order valence-electron chi connectivity index (χ3n) is 5.10. The second-order valence-corrected chi connectivity index (χ2v) is 7.42. The van der Waals surface area contributed by atoms with Gasteiger partial charge in [-0.1, -0.05) is 67.2 Å². The van der Waals surface area contributed by atoms with Crippen molar-refractivity contribution >= 4 is 23.2 Å². The zero-order valence-electron chi connectivity index (χ0n) is 18.2. The number of aliphatic imine (C=N–C) groups is 2. The molecule has 166 valence electrons. The van der Waals surface area contributed by atoms with Gasteiger partial charge in [0.2, 0.25) is 5.96 Å². The first-order chi connectivity index (χ1) is 16.1. The maximum atomic E-state index is 14.3. The Morgan fingerprint density at radius 2 is 1.67 bits per heavy atom. The van der Waals surface area contributed by atoms with E-state index < -0.39 is 0 Å². The van der Waals surface area contributed by atoms with Crippen LogP contribution < -0.4 is 21.3 Å². The van der Waals surface area contributed by atoms with E-state index in [1.807, 2.05) is 67.6 Å². The lowest BCUT2D eigenvalue weighted by atomic mass is 10.1. The van der Waals surface area contributed by atoms with Gasteiger partial charge in [0.05, 0.1) is 11.4 Å². The molecule has 4 rings (SSSR count). The number of hydrogen-bond acceptors (Lipinski definition) is 5. The molecule has 6 nitrogen and oxygen atoms in total. The Balaban J connectivity index is 1.67. The highest BCUT2D eigenvalue weighted by molar-refractivity contribution is 6.32. The summed E-state index contributed by atoms with van der Waals surface area (Å²) in [5.74, 6) is 0.912. The number of nitrogens with zero attached hydrogens (tertiary/aromatic N) is 3. The number of amidine groups is 1. The number of guanidine groups is 1. The van der Waals surface area contributed by atoms with Gasteiger partial charge in [-0.25, -0.2) is 14.4 Å². The zero-order valence-corrected chi connectivity index (χ0v) is 18.2. The van der Waals surface area contributed by atoms with E-state index in [0.717, 1.165) is 11.3 Å². The molecule has 1 aliphatic rings. The number of nitrogens with two attached hydrogens (primary N) is 1. The second kappa shape index (κ2) is 9.82. The summed E-state index contributed by atoms with van der Waals surface area (Å²) in [4.78, 5) is 11.1. The third kappa shape index (κ3) is 4.93. The largest absolute Gasteiger partial charge is 0.403 e. The number of anilines is 2. The quantitative estimate of drug-likeness (QED) is 0.496. The molecule has 1 aliphatic heterocycles. The molecule has 0 fully saturated rings. The number of rotatable bonds is 6. The number of halogens is 1. The van der Waals surface area contributed by atoms with Crippen molar-refractivity contribution in [3.8, 4) is 0 Å². The van der Waals surface area contributed by atoms with Crippen molar-refractivity contribution < 1.29 is 4.39 Å². The van der Waals surface area contributed by atoms with Crippen LogP contribution in [0.1, 0.15) is 18.5 Å². The van der Waals surface area contributed by atoms with Gasteiger partial charge in [0, 0.05) is 12.2 Å². The van der Waals surface area contributed by atoms with Gasteiger partial charge in [-0.3, -0.25) is 4.90 Å². The van der Waals surface area contributed by atoms with Crippen LogP contribution in [0.3, 0.4) is 0 Å². The molecular formula is C26H25FN6. The van der Waals surface area contributed by atoms with Gasteiger partial charge >= 0.3 is 0 Å². The Labute approximate surface area is 192 Å². The summed E-state index contributed by atoms with van der Waals surface area (Å²) in [6, 6.07) is 26.0. The van der Waals surface area contributed by atoms with Crippen LogP contribution in [-0.2, 0) is 0 Å². The van der Waals surface area contributed by atoms with Gasteiger partial charge in [-0.05, 0) is 36.8 Å². The summed E-state index contributed by atoms with van der Waals surface area (Å²) < 4.78 is 14.3. The van der Waals surface area contributed by atoms with E-state index in [1.165, 1.54) is 12.3 Å². The van der Waals surface area contributed by atoms with Crippen molar-refractivity contribution in [3.05, 3.63) is 121 Å². The van der Waals surface area contributed by atoms with Crippen molar-refractivity contribution in [2.45, 2.75) is 13.0 Å². The van der Waals surface area contributed by atoms with Crippen LogP contribution in [0.25, 0.3) is 0 Å². The SMILES string of the molecule is C=C(/N=C1\C(=C/N)N=C(Nc2ccccc2F)N1c1ccccc1)NC(C)c1ccccc1. The molecule has 0 saturated heterocycles. The highest BCUT2D eigenvalue weighted by Crippen LogP contribution is 2.26. The van der Waals surface area contributed by atoms with Crippen LogP contribution in [0, 0.1) is 5.82 Å².